The van der Waals surface area contributed by atoms with Crippen LogP contribution in [0, 0.1) is 12.3 Å². The van der Waals surface area contributed by atoms with Crippen molar-refractivity contribution >= 4 is 6.47 Å². The van der Waals surface area contributed by atoms with Crippen molar-refractivity contribution in [2.75, 3.05) is 0 Å². The van der Waals surface area contributed by atoms with Crippen molar-refractivity contribution in [3.63, 3.8) is 0 Å². The maximum Gasteiger partial charge on any atom is 0.293 e. The Labute approximate surface area is 55.2 Å². The molecule has 0 radical (unpaired) electrons. The Bertz CT molecular complexity index is 130. The maximum atomic E-state index is 9.80. The van der Waals surface area contributed by atoms with E-state index in [9.17, 15) is 4.79 Å². The van der Waals surface area contributed by atoms with E-state index in [4.69, 9.17) is 6.42 Å². The molecular weight excluding hydrogens is 116 g/mol. The minimum atomic E-state index is -0.503. The van der Waals surface area contributed by atoms with Gasteiger partial charge in [0, 0.05) is 6.42 Å². The summed E-state index contributed by atoms with van der Waals surface area (Å²) in [5.41, 5.74) is -0.503. The van der Waals surface area contributed by atoms with Crippen molar-refractivity contribution in [1.29, 1.82) is 0 Å². The summed E-state index contributed by atoms with van der Waals surface area (Å²) in [6.07, 6.45) is 5.45. The first-order valence-electron chi connectivity index (χ1n) is 2.67. The predicted octanol–water partition coefficient (Wildman–Crippen LogP) is 0.961. The third kappa shape index (κ3) is 3.60. The molecule has 0 aromatic heterocycles. The van der Waals surface area contributed by atoms with E-state index in [-0.39, 0.29) is 0 Å². The zero-order valence-corrected chi connectivity index (χ0v) is 5.68. The molecule has 0 bridgehead atoms. The number of carbonyl (C=O) groups excluding carboxylic acids is 1. The van der Waals surface area contributed by atoms with Crippen molar-refractivity contribution in [2.45, 2.75) is 25.9 Å². The quantitative estimate of drug-likeness (QED) is 0.416. The van der Waals surface area contributed by atoms with Crippen molar-refractivity contribution in [3.8, 4) is 12.3 Å². The van der Waals surface area contributed by atoms with E-state index in [1.165, 1.54) is 0 Å². The minimum Gasteiger partial charge on any atom is -0.461 e. The van der Waals surface area contributed by atoms with Crippen LogP contribution in [-0.2, 0) is 9.53 Å². The fraction of sp³-hybridized carbons (Fsp3) is 0.571. The van der Waals surface area contributed by atoms with Gasteiger partial charge in [-0.3, -0.25) is 4.79 Å². The fourth-order valence-electron chi connectivity index (χ4n) is 0.418. The second-order valence-electron chi connectivity index (χ2n) is 2.35. The zero-order chi connectivity index (χ0) is 7.33. The molecule has 0 aromatic rings. The molecule has 0 atom stereocenters. The number of terminal acetylenes is 1. The fourth-order valence-corrected chi connectivity index (χ4v) is 0.418. The summed E-state index contributed by atoms with van der Waals surface area (Å²) in [7, 11) is 0. The van der Waals surface area contributed by atoms with Gasteiger partial charge in [0.15, 0.2) is 0 Å². The van der Waals surface area contributed by atoms with Crippen LogP contribution in [0.25, 0.3) is 0 Å². The topological polar surface area (TPSA) is 26.3 Å². The standard InChI is InChI=1S/C7H10O2/c1-4-5-7(2,3)9-6-8/h1,6H,5H2,2-3H3. The van der Waals surface area contributed by atoms with Gasteiger partial charge >= 0.3 is 0 Å². The van der Waals surface area contributed by atoms with Gasteiger partial charge < -0.3 is 4.74 Å². The SMILES string of the molecule is C#CCC(C)(C)OC=O. The van der Waals surface area contributed by atoms with E-state index in [0.717, 1.165) is 0 Å². The Morgan fingerprint density at radius 3 is 2.67 bits per heavy atom. The molecule has 2 nitrogen and oxygen atoms in total. The summed E-state index contributed by atoms with van der Waals surface area (Å²) in [6.45, 7) is 3.94. The van der Waals surface area contributed by atoms with E-state index >= 15 is 0 Å². The van der Waals surface area contributed by atoms with Crippen LogP contribution in [0.15, 0.2) is 0 Å². The van der Waals surface area contributed by atoms with Crippen molar-refractivity contribution in [1.82, 2.24) is 0 Å². The molecule has 0 amide bonds. The van der Waals surface area contributed by atoms with Crippen LogP contribution >= 0.6 is 0 Å². The Balaban J connectivity index is 3.73. The average molecular weight is 126 g/mol. The van der Waals surface area contributed by atoms with Crippen molar-refractivity contribution in [3.05, 3.63) is 0 Å². The molecule has 0 saturated carbocycles. The Morgan fingerprint density at radius 2 is 2.33 bits per heavy atom. The summed E-state index contributed by atoms with van der Waals surface area (Å²) < 4.78 is 4.65. The molecule has 0 N–H and O–H groups in total. The lowest BCUT2D eigenvalue weighted by molar-refractivity contribution is -0.139. The lowest BCUT2D eigenvalue weighted by atomic mass is 10.1. The number of ether oxygens (including phenoxy) is 1. The molecule has 0 aromatic carbocycles. The molecule has 0 unspecified atom stereocenters. The number of carbonyl (C=O) groups is 1. The molecule has 2 heteroatoms. The molecule has 0 fully saturated rings. The Kier molecular flexibility index (Phi) is 2.80. The summed E-state index contributed by atoms with van der Waals surface area (Å²) in [4.78, 5) is 9.80. The van der Waals surface area contributed by atoms with Gasteiger partial charge in [0.25, 0.3) is 6.47 Å². The lowest BCUT2D eigenvalue weighted by Gasteiger charge is -2.18. The van der Waals surface area contributed by atoms with Gasteiger partial charge in [-0.1, -0.05) is 0 Å². The van der Waals surface area contributed by atoms with Crippen LogP contribution in [0.1, 0.15) is 20.3 Å². The van der Waals surface area contributed by atoms with Gasteiger partial charge in [0.05, 0.1) is 0 Å². The lowest BCUT2D eigenvalue weighted by Crippen LogP contribution is -2.22. The molecule has 0 rings (SSSR count). The van der Waals surface area contributed by atoms with Crippen LogP contribution in [-0.4, -0.2) is 12.1 Å². The normalized spacial score (nSPS) is 9.89. The summed E-state index contributed by atoms with van der Waals surface area (Å²) >= 11 is 0. The highest BCUT2D eigenvalue weighted by atomic mass is 16.5. The summed E-state index contributed by atoms with van der Waals surface area (Å²) in [6, 6.07) is 0. The van der Waals surface area contributed by atoms with E-state index in [0.29, 0.717) is 12.9 Å². The maximum absolute atomic E-state index is 9.80. The molecular formula is C7H10O2. The Morgan fingerprint density at radius 1 is 1.78 bits per heavy atom. The molecule has 50 valence electrons. The van der Waals surface area contributed by atoms with Crippen LogP contribution in [0.2, 0.25) is 0 Å². The molecule has 0 spiro atoms. The van der Waals surface area contributed by atoms with Crippen molar-refractivity contribution in [2.24, 2.45) is 0 Å². The molecule has 9 heavy (non-hydrogen) atoms. The number of hydrogen-bond acceptors (Lipinski definition) is 2. The van der Waals surface area contributed by atoms with E-state index < -0.39 is 5.60 Å². The predicted molar refractivity (Wildman–Crippen MR) is 34.7 cm³/mol. The number of rotatable bonds is 3. The highest BCUT2D eigenvalue weighted by molar-refractivity contribution is 5.38. The van der Waals surface area contributed by atoms with Gasteiger partial charge in [-0.15, -0.1) is 12.3 Å². The van der Waals surface area contributed by atoms with Gasteiger partial charge in [-0.2, -0.15) is 0 Å². The first kappa shape index (κ1) is 8.03. The zero-order valence-electron chi connectivity index (χ0n) is 5.68. The summed E-state index contributed by atoms with van der Waals surface area (Å²) in [5.74, 6) is 2.41. The van der Waals surface area contributed by atoms with Gasteiger partial charge in [-0.05, 0) is 13.8 Å². The van der Waals surface area contributed by atoms with Gasteiger partial charge in [-0.25, -0.2) is 0 Å². The van der Waals surface area contributed by atoms with Gasteiger partial charge in [0.1, 0.15) is 5.60 Å². The average Bonchev–Trinajstić information content (AvgIpc) is 1.64. The van der Waals surface area contributed by atoms with E-state index in [2.05, 4.69) is 10.7 Å². The van der Waals surface area contributed by atoms with Gasteiger partial charge in [0.2, 0.25) is 0 Å². The third-order valence-electron chi connectivity index (χ3n) is 0.895. The van der Waals surface area contributed by atoms with Crippen LogP contribution < -0.4 is 0 Å². The molecule has 0 aliphatic heterocycles. The third-order valence-corrected chi connectivity index (χ3v) is 0.895. The first-order chi connectivity index (χ1) is 4.12. The second-order valence-corrected chi connectivity index (χ2v) is 2.35. The summed E-state index contributed by atoms with van der Waals surface area (Å²) in [5, 5.41) is 0. The largest absolute Gasteiger partial charge is 0.461 e. The number of hydrogen-bond donors (Lipinski definition) is 0. The first-order valence-corrected chi connectivity index (χ1v) is 2.67. The van der Waals surface area contributed by atoms with Crippen LogP contribution in [0.5, 0.6) is 0 Å². The smallest absolute Gasteiger partial charge is 0.293 e. The van der Waals surface area contributed by atoms with Crippen LogP contribution in [0.4, 0.5) is 0 Å². The molecule has 0 aliphatic rings. The Hall–Kier alpha value is -0.970. The molecule has 0 aliphatic carbocycles. The van der Waals surface area contributed by atoms with Crippen LogP contribution in [0.3, 0.4) is 0 Å². The van der Waals surface area contributed by atoms with E-state index in [1.807, 2.05) is 0 Å². The molecule has 0 heterocycles. The highest BCUT2D eigenvalue weighted by Gasteiger charge is 2.15. The van der Waals surface area contributed by atoms with Crippen molar-refractivity contribution < 1.29 is 9.53 Å². The molecule has 0 saturated heterocycles. The second kappa shape index (κ2) is 3.13. The van der Waals surface area contributed by atoms with E-state index in [1.54, 1.807) is 13.8 Å². The monoisotopic (exact) mass is 126 g/mol. The highest BCUT2D eigenvalue weighted by Crippen LogP contribution is 2.10. The minimum absolute atomic E-state index is 0.414.